The van der Waals surface area contributed by atoms with Gasteiger partial charge in [-0.3, -0.25) is 4.79 Å². The van der Waals surface area contributed by atoms with Crippen LogP contribution in [0.15, 0.2) is 18.2 Å². The van der Waals surface area contributed by atoms with E-state index in [1.807, 2.05) is 0 Å². The molecule has 5 nitrogen and oxygen atoms in total. The lowest BCUT2D eigenvalue weighted by Gasteiger charge is -2.10. The third-order valence-electron chi connectivity index (χ3n) is 2.22. The summed E-state index contributed by atoms with van der Waals surface area (Å²) in [4.78, 5) is 11.3. The van der Waals surface area contributed by atoms with E-state index >= 15 is 0 Å². The van der Waals surface area contributed by atoms with Crippen LogP contribution >= 0.6 is 11.6 Å². The summed E-state index contributed by atoms with van der Waals surface area (Å²) in [7, 11) is 1.53. The Morgan fingerprint density at radius 2 is 2.35 bits per heavy atom. The van der Waals surface area contributed by atoms with Crippen molar-refractivity contribution in [2.75, 3.05) is 13.7 Å². The van der Waals surface area contributed by atoms with Crippen LogP contribution in [0.2, 0.25) is 5.02 Å². The number of hydrogen-bond acceptors (Lipinski definition) is 4. The zero-order valence-electron chi connectivity index (χ0n) is 9.44. The minimum Gasteiger partial charge on any atom is -0.495 e. The summed E-state index contributed by atoms with van der Waals surface area (Å²) in [6.45, 7) is -0.0779. The molecule has 6 heteroatoms. The van der Waals surface area contributed by atoms with Gasteiger partial charge in [-0.15, -0.1) is 0 Å². The number of benzene rings is 1. The fourth-order valence-electron chi connectivity index (χ4n) is 1.22. The Kier molecular flexibility index (Phi) is 5.21. The molecule has 0 aliphatic heterocycles. The predicted octanol–water partition coefficient (Wildman–Crippen LogP) is 0.284. The third-order valence-corrected chi connectivity index (χ3v) is 2.51. The Morgan fingerprint density at radius 3 is 2.88 bits per heavy atom. The summed E-state index contributed by atoms with van der Waals surface area (Å²) in [5, 5.41) is 11.8. The molecule has 1 aromatic rings. The van der Waals surface area contributed by atoms with Gasteiger partial charge in [0.25, 0.3) is 0 Å². The Morgan fingerprint density at radius 1 is 1.65 bits per heavy atom. The van der Waals surface area contributed by atoms with E-state index in [4.69, 9.17) is 27.2 Å². The number of amides is 1. The second-order valence-corrected chi connectivity index (χ2v) is 3.88. The Bertz CT molecular complexity index is 398. The number of aliphatic hydroxyl groups excluding tert-OH is 1. The van der Waals surface area contributed by atoms with E-state index in [0.29, 0.717) is 17.3 Å². The van der Waals surface area contributed by atoms with Gasteiger partial charge in [0.15, 0.2) is 0 Å². The van der Waals surface area contributed by atoms with E-state index in [1.54, 1.807) is 18.2 Å². The monoisotopic (exact) mass is 258 g/mol. The Balaban J connectivity index is 2.58. The highest BCUT2D eigenvalue weighted by Crippen LogP contribution is 2.24. The molecular formula is C11H15ClN2O3. The standard InChI is InChI=1S/C11H15ClN2O3/c1-17-10-3-2-7(4-8(10)12)5-14-11(16)9(13)6-15/h2-4,9,15H,5-6,13H2,1H3,(H,14,16). The van der Waals surface area contributed by atoms with Crippen molar-refractivity contribution >= 4 is 17.5 Å². The minimum absolute atomic E-state index is 0.302. The summed E-state index contributed by atoms with van der Waals surface area (Å²) < 4.78 is 5.01. The Labute approximate surface area is 105 Å². The molecule has 1 aromatic carbocycles. The van der Waals surface area contributed by atoms with Gasteiger partial charge in [0.05, 0.1) is 18.7 Å². The highest BCUT2D eigenvalue weighted by atomic mass is 35.5. The largest absolute Gasteiger partial charge is 0.495 e. The maximum absolute atomic E-state index is 11.3. The molecule has 0 fully saturated rings. The summed E-state index contributed by atoms with van der Waals surface area (Å²) in [6.07, 6.45) is 0. The summed E-state index contributed by atoms with van der Waals surface area (Å²) in [6, 6.07) is 4.31. The molecule has 17 heavy (non-hydrogen) atoms. The molecule has 0 saturated carbocycles. The van der Waals surface area contributed by atoms with Crippen LogP contribution in [0, 0.1) is 0 Å². The first kappa shape index (κ1) is 13.8. The number of carbonyl (C=O) groups excluding carboxylic acids is 1. The second-order valence-electron chi connectivity index (χ2n) is 3.48. The summed E-state index contributed by atoms with van der Waals surface area (Å²) >= 11 is 5.93. The molecule has 0 aliphatic rings. The maximum atomic E-state index is 11.3. The molecule has 1 unspecified atom stereocenters. The minimum atomic E-state index is -0.899. The molecule has 94 valence electrons. The predicted molar refractivity (Wildman–Crippen MR) is 64.9 cm³/mol. The molecule has 0 aliphatic carbocycles. The van der Waals surface area contributed by atoms with Crippen molar-refractivity contribution in [2.45, 2.75) is 12.6 Å². The molecule has 1 amide bonds. The molecule has 1 rings (SSSR count). The van der Waals surface area contributed by atoms with E-state index in [2.05, 4.69) is 5.32 Å². The number of hydrogen-bond donors (Lipinski definition) is 3. The summed E-state index contributed by atoms with van der Waals surface area (Å²) in [5.74, 6) is 0.174. The van der Waals surface area contributed by atoms with Crippen LogP contribution < -0.4 is 15.8 Å². The van der Waals surface area contributed by atoms with E-state index in [0.717, 1.165) is 5.56 Å². The number of nitrogens with one attached hydrogen (secondary N) is 1. The Hall–Kier alpha value is -1.30. The maximum Gasteiger partial charge on any atom is 0.239 e. The highest BCUT2D eigenvalue weighted by molar-refractivity contribution is 6.32. The van der Waals surface area contributed by atoms with E-state index in [1.165, 1.54) is 7.11 Å². The van der Waals surface area contributed by atoms with Gasteiger partial charge in [0.2, 0.25) is 5.91 Å². The number of halogens is 1. The lowest BCUT2D eigenvalue weighted by molar-refractivity contribution is -0.123. The fraction of sp³-hybridized carbons (Fsp3) is 0.364. The third kappa shape index (κ3) is 3.89. The smallest absolute Gasteiger partial charge is 0.239 e. The highest BCUT2D eigenvalue weighted by Gasteiger charge is 2.11. The van der Waals surface area contributed by atoms with Crippen LogP contribution in [0.3, 0.4) is 0 Å². The SMILES string of the molecule is COc1ccc(CNC(=O)C(N)CO)cc1Cl. The lowest BCUT2D eigenvalue weighted by Crippen LogP contribution is -2.42. The van der Waals surface area contributed by atoms with Gasteiger partial charge in [-0.05, 0) is 17.7 Å². The average molecular weight is 259 g/mol. The topological polar surface area (TPSA) is 84.6 Å². The molecule has 0 aromatic heterocycles. The van der Waals surface area contributed by atoms with Crippen molar-refractivity contribution in [3.8, 4) is 5.75 Å². The average Bonchev–Trinajstić information content (AvgIpc) is 2.35. The van der Waals surface area contributed by atoms with Crippen molar-refractivity contribution in [2.24, 2.45) is 5.73 Å². The van der Waals surface area contributed by atoms with Gasteiger partial charge in [0.1, 0.15) is 11.8 Å². The molecule has 0 spiro atoms. The van der Waals surface area contributed by atoms with Gasteiger partial charge in [-0.2, -0.15) is 0 Å². The van der Waals surface area contributed by atoms with Crippen LogP contribution in [0.1, 0.15) is 5.56 Å². The number of aliphatic hydroxyl groups is 1. The van der Waals surface area contributed by atoms with Crippen molar-refractivity contribution in [1.82, 2.24) is 5.32 Å². The molecule has 0 heterocycles. The van der Waals surface area contributed by atoms with Crippen LogP contribution in [-0.2, 0) is 11.3 Å². The van der Waals surface area contributed by atoms with Gasteiger partial charge < -0.3 is 20.9 Å². The molecule has 0 saturated heterocycles. The molecule has 4 N–H and O–H groups in total. The van der Waals surface area contributed by atoms with Crippen molar-refractivity contribution in [3.63, 3.8) is 0 Å². The van der Waals surface area contributed by atoms with Crippen molar-refractivity contribution in [3.05, 3.63) is 28.8 Å². The fourth-order valence-corrected chi connectivity index (χ4v) is 1.50. The lowest BCUT2D eigenvalue weighted by atomic mass is 10.2. The second kappa shape index (κ2) is 6.44. The zero-order valence-corrected chi connectivity index (χ0v) is 10.2. The number of ether oxygens (including phenoxy) is 1. The molecule has 0 radical (unpaired) electrons. The van der Waals surface area contributed by atoms with Crippen molar-refractivity contribution in [1.29, 1.82) is 0 Å². The van der Waals surface area contributed by atoms with Gasteiger partial charge in [-0.1, -0.05) is 17.7 Å². The zero-order chi connectivity index (χ0) is 12.8. The number of carbonyl (C=O) groups is 1. The number of methoxy groups -OCH3 is 1. The summed E-state index contributed by atoms with van der Waals surface area (Å²) in [5.41, 5.74) is 6.18. The number of nitrogens with two attached hydrogens (primary N) is 1. The van der Waals surface area contributed by atoms with E-state index < -0.39 is 11.9 Å². The molecular weight excluding hydrogens is 244 g/mol. The van der Waals surface area contributed by atoms with Gasteiger partial charge >= 0.3 is 0 Å². The van der Waals surface area contributed by atoms with Crippen molar-refractivity contribution < 1.29 is 14.6 Å². The van der Waals surface area contributed by atoms with Crippen LogP contribution in [0.5, 0.6) is 5.75 Å². The van der Waals surface area contributed by atoms with E-state index in [9.17, 15) is 4.79 Å². The number of rotatable bonds is 5. The first-order valence-electron chi connectivity index (χ1n) is 5.05. The molecule has 1 atom stereocenters. The first-order chi connectivity index (χ1) is 8.08. The van der Waals surface area contributed by atoms with Gasteiger partial charge in [0, 0.05) is 6.54 Å². The van der Waals surface area contributed by atoms with Crippen LogP contribution in [0.4, 0.5) is 0 Å². The quantitative estimate of drug-likeness (QED) is 0.709. The first-order valence-corrected chi connectivity index (χ1v) is 5.43. The van der Waals surface area contributed by atoms with Crippen LogP contribution in [-0.4, -0.2) is 30.8 Å². The van der Waals surface area contributed by atoms with Crippen LogP contribution in [0.25, 0.3) is 0 Å². The van der Waals surface area contributed by atoms with Gasteiger partial charge in [-0.25, -0.2) is 0 Å². The van der Waals surface area contributed by atoms with E-state index in [-0.39, 0.29) is 6.61 Å². The molecule has 0 bridgehead atoms. The normalized spacial score (nSPS) is 12.0.